The van der Waals surface area contributed by atoms with Crippen molar-refractivity contribution >= 4 is 11.8 Å². The molecule has 0 amide bonds. The van der Waals surface area contributed by atoms with Crippen LogP contribution in [-0.2, 0) is 17.7 Å². The van der Waals surface area contributed by atoms with Crippen LogP contribution in [0.2, 0.25) is 0 Å². The number of rotatable bonds is 9. The summed E-state index contributed by atoms with van der Waals surface area (Å²) < 4.78 is 5.03. The molecule has 0 bridgehead atoms. The van der Waals surface area contributed by atoms with Crippen molar-refractivity contribution < 1.29 is 4.74 Å². The number of benzene rings is 1. The highest BCUT2D eigenvalue weighted by atomic mass is 32.2. The van der Waals surface area contributed by atoms with E-state index >= 15 is 0 Å². The molecule has 2 aromatic rings. The van der Waals surface area contributed by atoms with E-state index in [1.165, 1.54) is 16.0 Å². The molecule has 3 nitrogen and oxygen atoms in total. The van der Waals surface area contributed by atoms with Crippen molar-refractivity contribution in [2.75, 3.05) is 26.0 Å². The third-order valence-corrected chi connectivity index (χ3v) is 4.11. The summed E-state index contributed by atoms with van der Waals surface area (Å²) in [7, 11) is 1.72. The van der Waals surface area contributed by atoms with Gasteiger partial charge in [0.2, 0.25) is 0 Å². The first-order valence-electron chi connectivity index (χ1n) is 7.19. The number of thioether (sulfide) groups is 1. The van der Waals surface area contributed by atoms with Crippen LogP contribution in [-0.4, -0.2) is 31.0 Å². The van der Waals surface area contributed by atoms with Gasteiger partial charge in [0.05, 0.1) is 6.61 Å². The van der Waals surface area contributed by atoms with Gasteiger partial charge in [-0.3, -0.25) is 4.98 Å². The highest BCUT2D eigenvalue weighted by Crippen LogP contribution is 2.20. The van der Waals surface area contributed by atoms with Gasteiger partial charge in [0.15, 0.2) is 0 Å². The van der Waals surface area contributed by atoms with Crippen molar-refractivity contribution in [1.82, 2.24) is 10.3 Å². The van der Waals surface area contributed by atoms with Crippen molar-refractivity contribution in [2.24, 2.45) is 0 Å². The van der Waals surface area contributed by atoms with Crippen LogP contribution in [0.4, 0.5) is 0 Å². The van der Waals surface area contributed by atoms with Gasteiger partial charge < -0.3 is 10.1 Å². The lowest BCUT2D eigenvalue weighted by atomic mass is 10.2. The molecule has 1 N–H and O–H groups in total. The lowest BCUT2D eigenvalue weighted by Crippen LogP contribution is -2.18. The maximum Gasteiger partial charge on any atom is 0.0587 e. The minimum absolute atomic E-state index is 0.750. The Morgan fingerprint density at radius 1 is 1.14 bits per heavy atom. The molecule has 0 spiro atoms. The van der Waals surface area contributed by atoms with Gasteiger partial charge in [0, 0.05) is 43.2 Å². The average Bonchev–Trinajstić information content (AvgIpc) is 2.53. The van der Waals surface area contributed by atoms with Crippen molar-refractivity contribution in [3.8, 4) is 0 Å². The third-order valence-electron chi connectivity index (χ3n) is 3.12. The Bertz CT molecular complexity index is 519. The smallest absolute Gasteiger partial charge is 0.0587 e. The summed E-state index contributed by atoms with van der Waals surface area (Å²) in [6.07, 6.45) is 4.78. The summed E-state index contributed by atoms with van der Waals surface area (Å²) >= 11 is 1.90. The van der Waals surface area contributed by atoms with Crippen LogP contribution in [0.25, 0.3) is 0 Å². The highest BCUT2D eigenvalue weighted by molar-refractivity contribution is 7.99. The maximum absolute atomic E-state index is 5.03. The minimum Gasteiger partial charge on any atom is -0.383 e. The van der Waals surface area contributed by atoms with Gasteiger partial charge in [-0.2, -0.15) is 0 Å². The average molecular weight is 302 g/mol. The fourth-order valence-corrected chi connectivity index (χ4v) is 2.97. The topological polar surface area (TPSA) is 34.1 Å². The molecule has 1 aromatic heterocycles. The van der Waals surface area contributed by atoms with E-state index < -0.39 is 0 Å². The molecule has 0 aliphatic carbocycles. The van der Waals surface area contributed by atoms with Crippen LogP contribution in [0.15, 0.2) is 53.7 Å². The third kappa shape index (κ3) is 6.29. The van der Waals surface area contributed by atoms with E-state index in [1.54, 1.807) is 7.11 Å². The Kier molecular flexibility index (Phi) is 7.29. The number of nitrogens with zero attached hydrogens (tertiary/aromatic N) is 1. The molecule has 4 heteroatoms. The quantitative estimate of drug-likeness (QED) is 0.570. The lowest BCUT2D eigenvalue weighted by Gasteiger charge is -2.07. The van der Waals surface area contributed by atoms with E-state index in [9.17, 15) is 0 Å². The normalized spacial score (nSPS) is 10.7. The number of hydrogen-bond donors (Lipinski definition) is 1. The SMILES string of the molecule is COCCNCc1cccc(SCCc2ccncc2)c1. The number of ether oxygens (including phenoxy) is 1. The standard InChI is InChI=1S/C17H22N2OS/c1-20-11-10-19-14-16-3-2-4-17(13-16)21-12-7-15-5-8-18-9-6-15/h2-6,8-9,13,19H,7,10-12,14H2,1H3. The number of pyridine rings is 1. The molecule has 21 heavy (non-hydrogen) atoms. The molecule has 0 saturated carbocycles. The lowest BCUT2D eigenvalue weighted by molar-refractivity contribution is 0.199. The molecule has 0 aliphatic rings. The second kappa shape index (κ2) is 9.55. The van der Waals surface area contributed by atoms with Gasteiger partial charge >= 0.3 is 0 Å². The number of aryl methyl sites for hydroxylation is 1. The molecule has 0 radical (unpaired) electrons. The van der Waals surface area contributed by atoms with Crippen molar-refractivity contribution in [1.29, 1.82) is 0 Å². The Morgan fingerprint density at radius 2 is 2.00 bits per heavy atom. The zero-order valence-corrected chi connectivity index (χ0v) is 13.2. The molecule has 0 saturated heterocycles. The predicted octanol–water partition coefficient (Wildman–Crippen LogP) is 3.15. The van der Waals surface area contributed by atoms with E-state index in [0.717, 1.165) is 31.9 Å². The maximum atomic E-state index is 5.03. The summed E-state index contributed by atoms with van der Waals surface area (Å²) in [5.41, 5.74) is 2.66. The Labute approximate surface area is 131 Å². The van der Waals surface area contributed by atoms with Crippen LogP contribution >= 0.6 is 11.8 Å². The van der Waals surface area contributed by atoms with Gasteiger partial charge in [-0.05, 0) is 41.8 Å². The zero-order chi connectivity index (χ0) is 14.8. The minimum atomic E-state index is 0.750. The molecular formula is C17H22N2OS. The van der Waals surface area contributed by atoms with Gasteiger partial charge in [-0.25, -0.2) is 0 Å². The second-order valence-electron chi connectivity index (χ2n) is 4.77. The first kappa shape index (κ1) is 16.0. The number of hydrogen-bond acceptors (Lipinski definition) is 4. The Hall–Kier alpha value is -1.36. The van der Waals surface area contributed by atoms with E-state index in [4.69, 9.17) is 4.74 Å². The van der Waals surface area contributed by atoms with E-state index in [2.05, 4.69) is 46.7 Å². The van der Waals surface area contributed by atoms with Crippen LogP contribution in [0.3, 0.4) is 0 Å². The Balaban J connectivity index is 1.75. The molecule has 2 rings (SSSR count). The van der Waals surface area contributed by atoms with Gasteiger partial charge in [-0.15, -0.1) is 11.8 Å². The number of nitrogens with one attached hydrogen (secondary N) is 1. The van der Waals surface area contributed by atoms with Crippen LogP contribution in [0, 0.1) is 0 Å². The van der Waals surface area contributed by atoms with Gasteiger partial charge in [0.1, 0.15) is 0 Å². The molecule has 0 unspecified atom stereocenters. The molecule has 1 heterocycles. The summed E-state index contributed by atoms with van der Waals surface area (Å²) in [6.45, 7) is 2.53. The van der Waals surface area contributed by atoms with E-state index in [-0.39, 0.29) is 0 Å². The Morgan fingerprint density at radius 3 is 2.81 bits per heavy atom. The van der Waals surface area contributed by atoms with Crippen LogP contribution in [0.5, 0.6) is 0 Å². The van der Waals surface area contributed by atoms with Crippen LogP contribution in [0.1, 0.15) is 11.1 Å². The summed E-state index contributed by atoms with van der Waals surface area (Å²) in [5, 5.41) is 3.37. The summed E-state index contributed by atoms with van der Waals surface area (Å²) in [5.74, 6) is 1.09. The zero-order valence-electron chi connectivity index (χ0n) is 12.4. The summed E-state index contributed by atoms with van der Waals surface area (Å²) in [6, 6.07) is 12.9. The number of aromatic nitrogens is 1. The molecule has 0 fully saturated rings. The fourth-order valence-electron chi connectivity index (χ4n) is 1.99. The van der Waals surface area contributed by atoms with Crippen molar-refractivity contribution in [3.63, 3.8) is 0 Å². The predicted molar refractivity (Wildman–Crippen MR) is 88.7 cm³/mol. The molecule has 0 aliphatic heterocycles. The van der Waals surface area contributed by atoms with Gasteiger partial charge in [0.25, 0.3) is 0 Å². The summed E-state index contributed by atoms with van der Waals surface area (Å²) in [4.78, 5) is 5.37. The van der Waals surface area contributed by atoms with Crippen molar-refractivity contribution in [3.05, 3.63) is 59.9 Å². The molecular weight excluding hydrogens is 280 g/mol. The van der Waals surface area contributed by atoms with Crippen LogP contribution < -0.4 is 5.32 Å². The molecule has 1 aromatic carbocycles. The second-order valence-corrected chi connectivity index (χ2v) is 5.94. The number of methoxy groups -OCH3 is 1. The van der Waals surface area contributed by atoms with E-state index in [1.807, 2.05) is 24.2 Å². The first-order chi connectivity index (χ1) is 10.4. The van der Waals surface area contributed by atoms with E-state index in [0.29, 0.717) is 0 Å². The fraction of sp³-hybridized carbons (Fsp3) is 0.353. The highest BCUT2D eigenvalue weighted by Gasteiger charge is 1.98. The molecule has 112 valence electrons. The monoisotopic (exact) mass is 302 g/mol. The van der Waals surface area contributed by atoms with Crippen molar-refractivity contribution in [2.45, 2.75) is 17.9 Å². The largest absolute Gasteiger partial charge is 0.383 e. The molecule has 0 atom stereocenters. The first-order valence-corrected chi connectivity index (χ1v) is 8.17. The van der Waals surface area contributed by atoms with Gasteiger partial charge in [-0.1, -0.05) is 12.1 Å².